The maximum absolute atomic E-state index is 12.6. The minimum absolute atomic E-state index is 0.0309. The van der Waals surface area contributed by atoms with Crippen LogP contribution in [0, 0.1) is 6.92 Å². The van der Waals surface area contributed by atoms with E-state index in [4.69, 9.17) is 9.84 Å². The summed E-state index contributed by atoms with van der Waals surface area (Å²) in [6.07, 6.45) is 2.04. The van der Waals surface area contributed by atoms with Crippen molar-refractivity contribution in [2.24, 2.45) is 0 Å². The number of ether oxygens (including phenoxy) is 1. The van der Waals surface area contributed by atoms with Crippen molar-refractivity contribution in [1.82, 2.24) is 9.88 Å². The van der Waals surface area contributed by atoms with E-state index in [1.165, 1.54) is 4.90 Å². The molecule has 0 unspecified atom stereocenters. The first-order chi connectivity index (χ1) is 13.5. The Morgan fingerprint density at radius 3 is 2.68 bits per heavy atom. The summed E-state index contributed by atoms with van der Waals surface area (Å²) >= 11 is 0. The summed E-state index contributed by atoms with van der Waals surface area (Å²) in [5.41, 5.74) is 3.23. The van der Waals surface area contributed by atoms with Gasteiger partial charge >= 0.3 is 6.09 Å². The highest BCUT2D eigenvalue weighted by atomic mass is 16.5. The Morgan fingerprint density at radius 1 is 1.21 bits per heavy atom. The van der Waals surface area contributed by atoms with E-state index in [-0.39, 0.29) is 18.6 Å². The number of nitrogens with one attached hydrogen (secondary N) is 1. The molecule has 0 aliphatic carbocycles. The predicted molar refractivity (Wildman–Crippen MR) is 104 cm³/mol. The molecule has 8 heteroatoms. The number of carbonyl (C=O) groups excluding carboxylic acids is 1. The van der Waals surface area contributed by atoms with Gasteiger partial charge in [0.2, 0.25) is 0 Å². The summed E-state index contributed by atoms with van der Waals surface area (Å²) in [5.74, 6) is 0.530. The molecule has 0 atom stereocenters. The van der Waals surface area contributed by atoms with E-state index < -0.39 is 6.09 Å². The highest BCUT2D eigenvalue weighted by Crippen LogP contribution is 2.42. The molecule has 1 saturated heterocycles. The van der Waals surface area contributed by atoms with Crippen LogP contribution in [0.3, 0.4) is 0 Å². The number of piperidine rings is 1. The molecule has 0 bridgehead atoms. The quantitative estimate of drug-likeness (QED) is 0.847. The van der Waals surface area contributed by atoms with Crippen molar-refractivity contribution < 1.29 is 19.4 Å². The molecule has 2 aliphatic heterocycles. The fourth-order valence-corrected chi connectivity index (χ4v) is 3.78. The summed E-state index contributed by atoms with van der Waals surface area (Å²) in [6.45, 7) is 2.74. The van der Waals surface area contributed by atoms with Crippen molar-refractivity contribution in [3.63, 3.8) is 0 Å². The van der Waals surface area contributed by atoms with Crippen molar-refractivity contribution >= 4 is 29.1 Å². The molecule has 3 heterocycles. The molecule has 2 amide bonds. The van der Waals surface area contributed by atoms with E-state index in [0.717, 1.165) is 22.8 Å². The van der Waals surface area contributed by atoms with Crippen LogP contribution in [0.1, 0.15) is 18.5 Å². The van der Waals surface area contributed by atoms with Gasteiger partial charge in [0.05, 0.1) is 22.8 Å². The Balaban J connectivity index is 1.62. The van der Waals surface area contributed by atoms with Crippen LogP contribution in [0.4, 0.5) is 21.9 Å². The van der Waals surface area contributed by atoms with Crippen molar-refractivity contribution in [3.05, 3.63) is 42.2 Å². The zero-order valence-corrected chi connectivity index (χ0v) is 15.6. The third-order valence-electron chi connectivity index (χ3n) is 5.24. The van der Waals surface area contributed by atoms with Gasteiger partial charge in [-0.1, -0.05) is 6.07 Å². The summed E-state index contributed by atoms with van der Waals surface area (Å²) in [5, 5.41) is 12.5. The number of para-hydroxylation sites is 1. The van der Waals surface area contributed by atoms with Crippen molar-refractivity contribution in [1.29, 1.82) is 0 Å². The van der Waals surface area contributed by atoms with Crippen LogP contribution in [0.15, 0.2) is 36.5 Å². The zero-order chi connectivity index (χ0) is 19.7. The lowest BCUT2D eigenvalue weighted by atomic mass is 10.0. The Labute approximate surface area is 162 Å². The normalized spacial score (nSPS) is 17.1. The van der Waals surface area contributed by atoms with Gasteiger partial charge in [0.25, 0.3) is 5.91 Å². The van der Waals surface area contributed by atoms with Gasteiger partial charge in [0.15, 0.2) is 12.4 Å². The van der Waals surface area contributed by atoms with Crippen molar-refractivity contribution in [2.45, 2.75) is 25.8 Å². The van der Waals surface area contributed by atoms with E-state index in [9.17, 15) is 9.59 Å². The van der Waals surface area contributed by atoms with Crippen LogP contribution in [-0.4, -0.2) is 52.7 Å². The van der Waals surface area contributed by atoms with Gasteiger partial charge < -0.3 is 25.0 Å². The van der Waals surface area contributed by atoms with Gasteiger partial charge in [0, 0.05) is 25.3 Å². The van der Waals surface area contributed by atoms with Crippen molar-refractivity contribution in [3.8, 4) is 5.75 Å². The lowest BCUT2D eigenvalue weighted by molar-refractivity contribution is -0.122. The molecule has 2 aliphatic rings. The number of aromatic nitrogens is 1. The number of benzene rings is 1. The molecule has 28 heavy (non-hydrogen) atoms. The van der Waals surface area contributed by atoms with Crippen LogP contribution in [0.5, 0.6) is 5.75 Å². The minimum Gasteiger partial charge on any atom is -0.479 e. The summed E-state index contributed by atoms with van der Waals surface area (Å²) in [6, 6.07) is 9.42. The van der Waals surface area contributed by atoms with E-state index >= 15 is 0 Å². The van der Waals surface area contributed by atoms with E-state index in [1.54, 1.807) is 11.1 Å². The fraction of sp³-hybridized carbons (Fsp3) is 0.350. The van der Waals surface area contributed by atoms with Crippen LogP contribution in [-0.2, 0) is 4.79 Å². The third-order valence-corrected chi connectivity index (χ3v) is 5.24. The second-order valence-electron chi connectivity index (χ2n) is 6.97. The van der Waals surface area contributed by atoms with Crippen LogP contribution >= 0.6 is 0 Å². The Hall–Kier alpha value is -3.29. The number of amides is 2. The number of fused-ring (bicyclic) bond motifs is 1. The molecule has 1 aromatic heterocycles. The first-order valence-corrected chi connectivity index (χ1v) is 9.29. The number of carboxylic acid groups (broad SMARTS) is 1. The number of pyridine rings is 1. The van der Waals surface area contributed by atoms with Crippen LogP contribution < -0.4 is 15.0 Å². The number of rotatable bonds is 3. The molecule has 2 N–H and O–H groups in total. The Kier molecular flexibility index (Phi) is 4.77. The van der Waals surface area contributed by atoms with Gasteiger partial charge in [-0.15, -0.1) is 0 Å². The van der Waals surface area contributed by atoms with E-state index in [0.29, 0.717) is 31.7 Å². The maximum atomic E-state index is 12.6. The number of hydrogen-bond donors (Lipinski definition) is 2. The Morgan fingerprint density at radius 2 is 1.96 bits per heavy atom. The summed E-state index contributed by atoms with van der Waals surface area (Å²) < 4.78 is 5.78. The van der Waals surface area contributed by atoms with Crippen LogP contribution in [0.25, 0.3) is 0 Å². The fourth-order valence-electron chi connectivity index (χ4n) is 3.78. The second kappa shape index (κ2) is 7.38. The van der Waals surface area contributed by atoms with Gasteiger partial charge in [0.1, 0.15) is 0 Å². The smallest absolute Gasteiger partial charge is 0.407 e. The Bertz CT molecular complexity index is 909. The van der Waals surface area contributed by atoms with Crippen molar-refractivity contribution in [2.75, 3.05) is 29.9 Å². The lowest BCUT2D eigenvalue weighted by Crippen LogP contribution is -2.51. The number of nitrogens with zero attached hydrogens (tertiary/aromatic N) is 3. The number of aryl methyl sites for hydroxylation is 1. The second-order valence-corrected chi connectivity index (χ2v) is 6.97. The summed E-state index contributed by atoms with van der Waals surface area (Å²) in [4.78, 5) is 31.3. The zero-order valence-electron chi connectivity index (χ0n) is 15.6. The van der Waals surface area contributed by atoms with Gasteiger partial charge in [-0.05, 0) is 44.0 Å². The van der Waals surface area contributed by atoms with Gasteiger partial charge in [-0.2, -0.15) is 0 Å². The average Bonchev–Trinajstić information content (AvgIpc) is 2.70. The molecule has 4 rings (SSSR count). The topological polar surface area (TPSA) is 95.0 Å². The van der Waals surface area contributed by atoms with Crippen LogP contribution in [0.2, 0.25) is 0 Å². The number of carbonyl (C=O) groups is 2. The SMILES string of the molecule is Cc1ncccc1Nc1cccc2c1OCC(=O)N2C1CCN(C(=O)O)CC1. The highest BCUT2D eigenvalue weighted by molar-refractivity contribution is 6.00. The molecule has 0 saturated carbocycles. The average molecular weight is 382 g/mol. The first-order valence-electron chi connectivity index (χ1n) is 9.29. The third kappa shape index (κ3) is 3.33. The molecule has 1 aromatic carbocycles. The molecule has 8 nitrogen and oxygen atoms in total. The van der Waals surface area contributed by atoms with Gasteiger partial charge in [-0.3, -0.25) is 9.78 Å². The molecule has 146 valence electrons. The molecular weight excluding hydrogens is 360 g/mol. The number of anilines is 3. The number of hydrogen-bond acceptors (Lipinski definition) is 5. The molecule has 2 aromatic rings. The molecule has 0 radical (unpaired) electrons. The largest absolute Gasteiger partial charge is 0.479 e. The minimum atomic E-state index is -0.912. The monoisotopic (exact) mass is 382 g/mol. The van der Waals surface area contributed by atoms with E-state index in [1.807, 2.05) is 37.3 Å². The molecule has 1 fully saturated rings. The first kappa shape index (κ1) is 18.1. The maximum Gasteiger partial charge on any atom is 0.407 e. The standard InChI is InChI=1S/C20H22N4O4/c1-13-15(5-3-9-21-13)22-16-4-2-6-17-19(16)28-12-18(25)24(17)14-7-10-23(11-8-14)20(26)27/h2-6,9,14,22H,7-8,10-12H2,1H3,(H,26,27). The summed E-state index contributed by atoms with van der Waals surface area (Å²) in [7, 11) is 0. The van der Waals surface area contributed by atoms with Gasteiger partial charge in [-0.25, -0.2) is 4.79 Å². The predicted octanol–water partition coefficient (Wildman–Crippen LogP) is 3.00. The number of likely N-dealkylation sites (tertiary alicyclic amines) is 1. The highest BCUT2D eigenvalue weighted by Gasteiger charge is 2.35. The lowest BCUT2D eigenvalue weighted by Gasteiger charge is -2.40. The van der Waals surface area contributed by atoms with E-state index in [2.05, 4.69) is 10.3 Å². The molecule has 0 spiro atoms. The molecular formula is C20H22N4O4.